The van der Waals surface area contributed by atoms with E-state index in [0.29, 0.717) is 56.0 Å². The van der Waals surface area contributed by atoms with E-state index in [-0.39, 0.29) is 11.5 Å². The summed E-state index contributed by atoms with van der Waals surface area (Å²) in [6.45, 7) is 4.65. The van der Waals surface area contributed by atoms with Gasteiger partial charge >= 0.3 is 0 Å². The van der Waals surface area contributed by atoms with Gasteiger partial charge in [-0.3, -0.25) is 14.2 Å². The maximum Gasteiger partial charge on any atom is 0.271 e. The van der Waals surface area contributed by atoms with Crippen molar-refractivity contribution in [2.45, 2.75) is 26.5 Å². The first-order chi connectivity index (χ1) is 21.9. The highest BCUT2D eigenvalue weighted by molar-refractivity contribution is 7.07. The van der Waals surface area contributed by atoms with Gasteiger partial charge in [0, 0.05) is 10.7 Å². The second-order valence-electron chi connectivity index (χ2n) is 10.4. The molecule has 1 aliphatic rings. The van der Waals surface area contributed by atoms with Crippen molar-refractivity contribution in [2.75, 3.05) is 11.9 Å². The number of halogens is 1. The number of thiazole rings is 1. The fourth-order valence-corrected chi connectivity index (χ4v) is 6.33. The molecular formula is C36H30ClN3O4S. The SMILES string of the molecule is CCOc1ccc([C@@H]2C(C(=O)Nc3ccccc3)=C(C)N=c3s/c(=C/c4cccc(OCc5ccc(Cl)cc5)c4)c(=O)n32)cc1. The number of anilines is 1. The van der Waals surface area contributed by atoms with Crippen molar-refractivity contribution >= 4 is 40.6 Å². The first-order valence-corrected chi connectivity index (χ1v) is 15.7. The Kier molecular flexibility index (Phi) is 8.96. The zero-order valence-electron chi connectivity index (χ0n) is 24.7. The van der Waals surface area contributed by atoms with Crippen molar-refractivity contribution in [2.24, 2.45) is 4.99 Å². The molecule has 0 aliphatic carbocycles. The number of rotatable bonds is 9. The van der Waals surface area contributed by atoms with Crippen LogP contribution in [0.5, 0.6) is 11.5 Å². The van der Waals surface area contributed by atoms with E-state index in [2.05, 4.69) is 5.32 Å². The second-order valence-corrected chi connectivity index (χ2v) is 11.8. The van der Waals surface area contributed by atoms with Crippen LogP contribution < -0.4 is 29.7 Å². The molecule has 0 bridgehead atoms. The Morgan fingerprint density at radius 3 is 2.44 bits per heavy atom. The quantitative estimate of drug-likeness (QED) is 0.200. The van der Waals surface area contributed by atoms with Gasteiger partial charge in [0.05, 0.1) is 28.5 Å². The van der Waals surface area contributed by atoms with Gasteiger partial charge in [0.2, 0.25) is 0 Å². The van der Waals surface area contributed by atoms with Crippen LogP contribution in [-0.2, 0) is 11.4 Å². The molecule has 1 aromatic heterocycles. The normalized spacial score (nSPS) is 14.5. The summed E-state index contributed by atoms with van der Waals surface area (Å²) in [6, 6.07) is 31.1. The molecule has 6 rings (SSSR count). The summed E-state index contributed by atoms with van der Waals surface area (Å²) < 4.78 is 13.8. The number of benzene rings is 4. The van der Waals surface area contributed by atoms with Crippen LogP contribution in [0.1, 0.15) is 36.6 Å². The number of ether oxygens (including phenoxy) is 2. The number of fused-ring (bicyclic) bond motifs is 1. The Balaban J connectivity index is 1.37. The first-order valence-electron chi connectivity index (χ1n) is 14.5. The lowest BCUT2D eigenvalue weighted by Crippen LogP contribution is -2.40. The first kappa shape index (κ1) is 30.1. The van der Waals surface area contributed by atoms with Crippen LogP contribution in [0.25, 0.3) is 6.08 Å². The third kappa shape index (κ3) is 6.77. The van der Waals surface area contributed by atoms with Crippen LogP contribution in [0.15, 0.2) is 124 Å². The Hall–Kier alpha value is -4.92. The van der Waals surface area contributed by atoms with E-state index < -0.39 is 6.04 Å². The minimum atomic E-state index is -0.683. The highest BCUT2D eigenvalue weighted by Gasteiger charge is 2.32. The Bertz CT molecular complexity index is 2050. The number of carbonyl (C=O) groups excluding carboxylic acids is 1. The van der Waals surface area contributed by atoms with Gasteiger partial charge in [-0.15, -0.1) is 0 Å². The van der Waals surface area contributed by atoms with Crippen molar-refractivity contribution in [3.63, 3.8) is 0 Å². The van der Waals surface area contributed by atoms with Gasteiger partial charge in [-0.25, -0.2) is 4.99 Å². The van der Waals surface area contributed by atoms with Crippen LogP contribution >= 0.6 is 22.9 Å². The summed E-state index contributed by atoms with van der Waals surface area (Å²) in [6.07, 6.45) is 1.83. The van der Waals surface area contributed by atoms with E-state index in [1.807, 2.05) is 116 Å². The molecule has 0 fully saturated rings. The summed E-state index contributed by atoms with van der Waals surface area (Å²) in [5.41, 5.74) is 3.95. The van der Waals surface area contributed by atoms with Crippen molar-refractivity contribution in [1.82, 2.24) is 4.57 Å². The largest absolute Gasteiger partial charge is 0.494 e. The smallest absolute Gasteiger partial charge is 0.271 e. The molecule has 226 valence electrons. The summed E-state index contributed by atoms with van der Waals surface area (Å²) in [5.74, 6) is 1.07. The van der Waals surface area contributed by atoms with Crippen molar-refractivity contribution < 1.29 is 14.3 Å². The van der Waals surface area contributed by atoms with Gasteiger partial charge in [-0.05, 0) is 85.1 Å². The molecule has 2 heterocycles. The fourth-order valence-electron chi connectivity index (χ4n) is 5.15. The predicted molar refractivity (Wildman–Crippen MR) is 179 cm³/mol. The van der Waals surface area contributed by atoms with Gasteiger partial charge in [0.1, 0.15) is 18.1 Å². The topological polar surface area (TPSA) is 81.9 Å². The molecule has 1 N–H and O–H groups in total. The third-order valence-corrected chi connectivity index (χ3v) is 8.51. The molecule has 0 radical (unpaired) electrons. The zero-order valence-corrected chi connectivity index (χ0v) is 26.3. The Labute approximate surface area is 269 Å². The molecule has 1 atom stereocenters. The zero-order chi connectivity index (χ0) is 31.3. The van der Waals surface area contributed by atoms with E-state index in [0.717, 1.165) is 16.7 Å². The van der Waals surface area contributed by atoms with Crippen LogP contribution in [0.2, 0.25) is 5.02 Å². The molecule has 1 amide bonds. The average Bonchev–Trinajstić information content (AvgIpc) is 3.35. The number of hydrogen-bond donors (Lipinski definition) is 1. The summed E-state index contributed by atoms with van der Waals surface area (Å²) >= 11 is 7.29. The van der Waals surface area contributed by atoms with E-state index in [9.17, 15) is 9.59 Å². The minimum absolute atomic E-state index is 0.234. The number of para-hydroxylation sites is 1. The number of allylic oxidation sites excluding steroid dienone is 1. The van der Waals surface area contributed by atoms with Crippen molar-refractivity contribution in [3.05, 3.63) is 156 Å². The lowest BCUT2D eigenvalue weighted by molar-refractivity contribution is -0.113. The molecule has 4 aromatic carbocycles. The van der Waals surface area contributed by atoms with E-state index >= 15 is 0 Å². The van der Waals surface area contributed by atoms with E-state index in [4.69, 9.17) is 26.1 Å². The molecule has 9 heteroatoms. The van der Waals surface area contributed by atoms with Gasteiger partial charge < -0.3 is 14.8 Å². The molecule has 7 nitrogen and oxygen atoms in total. The number of hydrogen-bond acceptors (Lipinski definition) is 6. The number of amides is 1. The van der Waals surface area contributed by atoms with E-state index in [1.165, 1.54) is 11.3 Å². The number of aromatic nitrogens is 1. The highest BCUT2D eigenvalue weighted by Crippen LogP contribution is 2.32. The minimum Gasteiger partial charge on any atom is -0.494 e. The van der Waals surface area contributed by atoms with Gasteiger partial charge in [0.15, 0.2) is 4.80 Å². The number of carbonyl (C=O) groups is 1. The average molecular weight is 636 g/mol. The van der Waals surface area contributed by atoms with Crippen molar-refractivity contribution in [3.8, 4) is 11.5 Å². The molecule has 0 unspecified atom stereocenters. The van der Waals surface area contributed by atoms with Crippen LogP contribution in [0, 0.1) is 0 Å². The van der Waals surface area contributed by atoms with Crippen LogP contribution in [-0.4, -0.2) is 17.1 Å². The molecule has 0 saturated carbocycles. The number of nitrogens with zero attached hydrogens (tertiary/aromatic N) is 2. The standard InChI is InChI=1S/C36H30ClN3O4S/c1-3-43-29-18-14-26(15-19-29)33-32(34(41)39-28-9-5-4-6-10-28)23(2)38-36-40(33)35(42)31(45-36)21-25-8-7-11-30(20-25)44-22-24-12-16-27(37)17-13-24/h4-21,33H,3,22H2,1-2H3,(H,39,41)/b31-21+/t33-/m1/s1. The van der Waals surface area contributed by atoms with Crippen LogP contribution in [0.4, 0.5) is 5.69 Å². The van der Waals surface area contributed by atoms with Gasteiger partial charge in [-0.2, -0.15) is 0 Å². The third-order valence-electron chi connectivity index (χ3n) is 7.28. The van der Waals surface area contributed by atoms with Gasteiger partial charge in [-0.1, -0.05) is 77.5 Å². The second kappa shape index (κ2) is 13.4. The lowest BCUT2D eigenvalue weighted by Gasteiger charge is -2.25. The van der Waals surface area contributed by atoms with Crippen molar-refractivity contribution in [1.29, 1.82) is 0 Å². The summed E-state index contributed by atoms with van der Waals surface area (Å²) in [5, 5.41) is 3.65. The number of nitrogens with one attached hydrogen (secondary N) is 1. The lowest BCUT2D eigenvalue weighted by atomic mass is 9.95. The summed E-state index contributed by atoms with van der Waals surface area (Å²) in [4.78, 5) is 33.1. The molecule has 1 aliphatic heterocycles. The fraction of sp³-hybridized carbons (Fsp3) is 0.139. The highest BCUT2D eigenvalue weighted by atomic mass is 35.5. The Morgan fingerprint density at radius 2 is 1.71 bits per heavy atom. The molecule has 0 spiro atoms. The van der Waals surface area contributed by atoms with Crippen LogP contribution in [0.3, 0.4) is 0 Å². The predicted octanol–water partition coefficient (Wildman–Crippen LogP) is 6.51. The molecule has 5 aromatic rings. The maximum atomic E-state index is 14.1. The van der Waals surface area contributed by atoms with E-state index in [1.54, 1.807) is 11.5 Å². The van der Waals surface area contributed by atoms with Gasteiger partial charge in [0.25, 0.3) is 11.5 Å². The molecule has 45 heavy (non-hydrogen) atoms. The molecule has 0 saturated heterocycles. The Morgan fingerprint density at radius 1 is 0.956 bits per heavy atom. The maximum absolute atomic E-state index is 14.1. The molecular weight excluding hydrogens is 606 g/mol. The summed E-state index contributed by atoms with van der Waals surface area (Å²) in [7, 11) is 0. The monoisotopic (exact) mass is 635 g/mol.